The van der Waals surface area contributed by atoms with Gasteiger partial charge in [-0.3, -0.25) is 0 Å². The summed E-state index contributed by atoms with van der Waals surface area (Å²) in [7, 11) is -1.71. The van der Waals surface area contributed by atoms with Crippen LogP contribution in [0.1, 0.15) is 91.0 Å². The van der Waals surface area contributed by atoms with E-state index in [9.17, 15) is 0 Å². The van der Waals surface area contributed by atoms with Crippen molar-refractivity contribution in [2.45, 2.75) is 104 Å². The molecule has 0 bridgehead atoms. The van der Waals surface area contributed by atoms with E-state index in [4.69, 9.17) is 0 Å². The van der Waals surface area contributed by atoms with Gasteiger partial charge >= 0.3 is 0 Å². The summed E-state index contributed by atoms with van der Waals surface area (Å²) in [6, 6.07) is 19.1. The van der Waals surface area contributed by atoms with E-state index in [2.05, 4.69) is 160 Å². The van der Waals surface area contributed by atoms with Crippen LogP contribution in [0.25, 0.3) is 11.1 Å². The molecule has 2 aromatic carbocycles. The minimum Gasteiger partial charge on any atom is -0.0808 e. The van der Waals surface area contributed by atoms with E-state index >= 15 is 0 Å². The Morgan fingerprint density at radius 3 is 1.59 bits per heavy atom. The van der Waals surface area contributed by atoms with Crippen molar-refractivity contribution in [3.05, 3.63) is 107 Å². The van der Waals surface area contributed by atoms with Crippen LogP contribution >= 0.6 is 0 Å². The van der Waals surface area contributed by atoms with Gasteiger partial charge in [0.25, 0.3) is 0 Å². The molecule has 0 heterocycles. The lowest BCUT2D eigenvalue weighted by molar-refractivity contribution is 0.402. The zero-order valence-corrected chi connectivity index (χ0v) is 30.5. The van der Waals surface area contributed by atoms with Crippen molar-refractivity contribution in [1.82, 2.24) is 0 Å². The van der Waals surface area contributed by atoms with E-state index in [1.807, 2.05) is 0 Å². The molecule has 6 unspecified atom stereocenters. The maximum atomic E-state index is 2.79. The van der Waals surface area contributed by atoms with E-state index in [1.165, 1.54) is 28.7 Å². The lowest BCUT2D eigenvalue weighted by atomic mass is 9.76. The molecular formula is C43H58Si. The fourth-order valence-corrected chi connectivity index (χ4v) is 16.9. The third kappa shape index (κ3) is 5.30. The monoisotopic (exact) mass is 602 g/mol. The van der Waals surface area contributed by atoms with Crippen LogP contribution in [-0.2, 0) is 10.8 Å². The molecular weight excluding hydrogens is 545 g/mol. The second-order valence-corrected chi connectivity index (χ2v) is 22.7. The second-order valence-electron chi connectivity index (χ2n) is 17.8. The Kier molecular flexibility index (Phi) is 8.01. The summed E-state index contributed by atoms with van der Waals surface area (Å²) in [6.45, 7) is 27.3. The Morgan fingerprint density at radius 2 is 1.07 bits per heavy atom. The van der Waals surface area contributed by atoms with Crippen LogP contribution in [0, 0.1) is 41.4 Å². The van der Waals surface area contributed by atoms with E-state index in [-0.39, 0.29) is 10.8 Å². The van der Waals surface area contributed by atoms with E-state index < -0.39 is 8.07 Å². The lowest BCUT2D eigenvalue weighted by Gasteiger charge is -2.46. The van der Waals surface area contributed by atoms with Crippen molar-refractivity contribution in [1.29, 1.82) is 0 Å². The first-order chi connectivity index (χ1) is 20.6. The van der Waals surface area contributed by atoms with Gasteiger partial charge in [-0.15, -0.1) is 0 Å². The molecule has 0 amide bonds. The van der Waals surface area contributed by atoms with Crippen LogP contribution in [0.4, 0.5) is 0 Å². The first-order valence-electron chi connectivity index (χ1n) is 17.6. The molecule has 2 aromatic rings. The van der Waals surface area contributed by atoms with Gasteiger partial charge in [0.1, 0.15) is 0 Å². The maximum absolute atomic E-state index is 2.79. The topological polar surface area (TPSA) is 0 Å². The molecule has 0 spiro atoms. The van der Waals surface area contributed by atoms with Gasteiger partial charge in [-0.2, -0.15) is 0 Å². The van der Waals surface area contributed by atoms with E-state index in [1.54, 1.807) is 11.1 Å². The van der Waals surface area contributed by atoms with E-state index in [0.29, 0.717) is 29.6 Å². The zero-order valence-electron chi connectivity index (χ0n) is 29.5. The van der Waals surface area contributed by atoms with Crippen molar-refractivity contribution in [2.24, 2.45) is 41.4 Å². The molecule has 4 aliphatic rings. The molecule has 1 heteroatoms. The van der Waals surface area contributed by atoms with Gasteiger partial charge in [0.2, 0.25) is 0 Å². The zero-order chi connectivity index (χ0) is 31.8. The van der Waals surface area contributed by atoms with Crippen LogP contribution in [0.3, 0.4) is 0 Å². The fraction of sp³-hybridized carbons (Fsp3) is 0.535. The highest BCUT2D eigenvalue weighted by Gasteiger charge is 2.59. The van der Waals surface area contributed by atoms with Gasteiger partial charge in [0, 0.05) is 0 Å². The standard InChI is InChI=1S/C43H58Si/c1-27-26-38-34(30-18-22-32(23-19-30)42(4,5)6)14-12-16-36(38)40(27)44(10,11)41-29(3)28(2)39-35(15-13-17-37(39)41)31-20-24-33(25-21-31)43(7,8)9/h12-25,27-29,36-41H,26H2,1-11H3/t27?,28-,29?,36?,37?,38+,39+,40?,41?/m0/s1. The highest BCUT2D eigenvalue weighted by molar-refractivity contribution is 6.80. The van der Waals surface area contributed by atoms with Crippen LogP contribution in [0.2, 0.25) is 24.2 Å². The van der Waals surface area contributed by atoms with Crippen molar-refractivity contribution in [3.8, 4) is 0 Å². The minimum absolute atomic E-state index is 0.187. The third-order valence-electron chi connectivity index (χ3n) is 12.8. The normalized spacial score (nSPS) is 33.6. The molecule has 0 aromatic heterocycles. The highest BCUT2D eigenvalue weighted by Crippen LogP contribution is 2.66. The molecule has 234 valence electrons. The number of hydrogen-bond donors (Lipinski definition) is 0. The van der Waals surface area contributed by atoms with E-state index in [0.717, 1.165) is 22.9 Å². The average molecular weight is 603 g/mol. The predicted octanol–water partition coefficient (Wildman–Crippen LogP) is 12.1. The largest absolute Gasteiger partial charge is 0.0808 e. The summed E-state index contributed by atoms with van der Waals surface area (Å²) >= 11 is 0. The average Bonchev–Trinajstić information content (AvgIpc) is 3.45. The summed E-state index contributed by atoms with van der Waals surface area (Å²) in [5.41, 5.74) is 10.9. The smallest absolute Gasteiger partial charge is 0.0553 e. The van der Waals surface area contributed by atoms with Gasteiger partial charge in [-0.1, -0.05) is 160 Å². The Labute approximate surface area is 270 Å². The Morgan fingerprint density at radius 1 is 0.591 bits per heavy atom. The summed E-state index contributed by atoms with van der Waals surface area (Å²) in [4.78, 5) is 0. The number of hydrogen-bond acceptors (Lipinski definition) is 0. The van der Waals surface area contributed by atoms with Gasteiger partial charge in [-0.25, -0.2) is 0 Å². The number of rotatable bonds is 4. The molecule has 0 N–H and O–H groups in total. The third-order valence-corrected chi connectivity index (χ3v) is 18.1. The SMILES string of the molecule is CC1C[C@@H]2C(c3ccc(C(C)(C)C)cc3)=CC=CC2C1[Si](C)(C)C1C2C=CC=C(c3ccc(C(C)(C)C)cc3)[C@H]2[C@@H](C)C1C. The molecule has 4 aliphatic carbocycles. The minimum atomic E-state index is -1.71. The first-order valence-corrected chi connectivity index (χ1v) is 20.7. The number of fused-ring (bicyclic) bond motifs is 2. The van der Waals surface area contributed by atoms with Crippen molar-refractivity contribution >= 4 is 19.2 Å². The Balaban J connectivity index is 1.28. The van der Waals surface area contributed by atoms with Crippen LogP contribution in [0.5, 0.6) is 0 Å². The molecule has 2 fully saturated rings. The fourth-order valence-electron chi connectivity index (χ4n) is 10.6. The molecule has 0 saturated heterocycles. The van der Waals surface area contributed by atoms with Crippen LogP contribution < -0.4 is 0 Å². The van der Waals surface area contributed by atoms with Crippen molar-refractivity contribution < 1.29 is 0 Å². The molecule has 44 heavy (non-hydrogen) atoms. The van der Waals surface area contributed by atoms with Crippen molar-refractivity contribution in [2.75, 3.05) is 0 Å². The Hall–Kier alpha value is -2.38. The number of allylic oxidation sites excluding steroid dienone is 8. The molecule has 6 rings (SSSR count). The molecule has 9 atom stereocenters. The van der Waals surface area contributed by atoms with Crippen LogP contribution in [0.15, 0.2) is 85.0 Å². The maximum Gasteiger partial charge on any atom is 0.0553 e. The van der Waals surface area contributed by atoms with Crippen LogP contribution in [-0.4, -0.2) is 8.07 Å². The number of benzene rings is 2. The first kappa shape index (κ1) is 31.6. The van der Waals surface area contributed by atoms with Gasteiger partial charge < -0.3 is 0 Å². The summed E-state index contributed by atoms with van der Waals surface area (Å²) in [5, 5.41) is 0. The van der Waals surface area contributed by atoms with Crippen molar-refractivity contribution in [3.63, 3.8) is 0 Å². The Bertz CT molecular complexity index is 1480. The quantitative estimate of drug-likeness (QED) is 0.305. The second kappa shape index (κ2) is 11.1. The summed E-state index contributed by atoms with van der Waals surface area (Å²) in [6.07, 6.45) is 16.3. The highest BCUT2D eigenvalue weighted by atomic mass is 28.3. The lowest BCUT2D eigenvalue weighted by Crippen LogP contribution is -2.45. The molecule has 0 aliphatic heterocycles. The summed E-state index contributed by atoms with van der Waals surface area (Å²) < 4.78 is 0. The van der Waals surface area contributed by atoms with Gasteiger partial charge in [0.15, 0.2) is 0 Å². The van der Waals surface area contributed by atoms with Gasteiger partial charge in [-0.05, 0) is 103 Å². The summed E-state index contributed by atoms with van der Waals surface area (Å²) in [5.74, 6) is 4.80. The van der Waals surface area contributed by atoms with Gasteiger partial charge in [0.05, 0.1) is 8.07 Å². The molecule has 2 saturated carbocycles. The molecule has 0 nitrogen and oxygen atoms in total. The predicted molar refractivity (Wildman–Crippen MR) is 196 cm³/mol. The molecule has 0 radical (unpaired) electrons.